The third kappa shape index (κ3) is 7.95. The molecule has 0 bridgehead atoms. The van der Waals surface area contributed by atoms with Crippen LogP contribution in [0.25, 0.3) is 0 Å². The lowest BCUT2D eigenvalue weighted by molar-refractivity contribution is -0.131. The molecule has 0 aliphatic rings. The Morgan fingerprint density at radius 1 is 1.06 bits per heavy atom. The van der Waals surface area contributed by atoms with Crippen molar-refractivity contribution >= 4 is 28.1 Å². The van der Waals surface area contributed by atoms with E-state index < -0.39 is 27.9 Å². The van der Waals surface area contributed by atoms with Crippen LogP contribution in [-0.2, 0) is 19.6 Å². The van der Waals surface area contributed by atoms with Crippen molar-refractivity contribution in [3.8, 4) is 5.75 Å². The summed E-state index contributed by atoms with van der Waals surface area (Å²) in [4.78, 5) is 23.6. The van der Waals surface area contributed by atoms with Crippen LogP contribution in [0.15, 0.2) is 58.5 Å². The van der Waals surface area contributed by atoms with Gasteiger partial charge in [-0.2, -0.15) is 9.82 Å². The van der Waals surface area contributed by atoms with E-state index in [4.69, 9.17) is 4.74 Å². The van der Waals surface area contributed by atoms with E-state index in [9.17, 15) is 18.0 Å². The average molecular weight is 446 g/mol. The molecule has 31 heavy (non-hydrogen) atoms. The molecule has 1 atom stereocenters. The summed E-state index contributed by atoms with van der Waals surface area (Å²) in [6, 6.07) is 11.9. The smallest absolute Gasteiger partial charge is 0.308 e. The Labute approximate surface area is 182 Å². The molecule has 8 nitrogen and oxygen atoms in total. The van der Waals surface area contributed by atoms with Gasteiger partial charge in [-0.1, -0.05) is 31.5 Å². The number of amides is 1. The van der Waals surface area contributed by atoms with E-state index in [0.29, 0.717) is 17.7 Å². The van der Waals surface area contributed by atoms with Gasteiger partial charge in [-0.25, -0.2) is 13.8 Å². The SMILES string of the molecule is CC(=O)Oc1ccc(/C=N\NC(=O)[C@H](CC(C)C)NS(=O)(=O)c2ccc(C)cc2)cc1. The van der Waals surface area contributed by atoms with Crippen LogP contribution in [-0.4, -0.2) is 32.6 Å². The van der Waals surface area contributed by atoms with Gasteiger partial charge in [-0.3, -0.25) is 9.59 Å². The highest BCUT2D eigenvalue weighted by Crippen LogP contribution is 2.14. The summed E-state index contributed by atoms with van der Waals surface area (Å²) in [5, 5.41) is 3.91. The second-order valence-corrected chi connectivity index (χ2v) is 9.23. The van der Waals surface area contributed by atoms with E-state index in [1.807, 2.05) is 20.8 Å². The molecule has 0 aliphatic heterocycles. The van der Waals surface area contributed by atoms with Gasteiger partial charge in [0.25, 0.3) is 5.91 Å². The highest BCUT2D eigenvalue weighted by Gasteiger charge is 2.26. The van der Waals surface area contributed by atoms with Gasteiger partial charge in [0, 0.05) is 6.92 Å². The van der Waals surface area contributed by atoms with Crippen molar-refractivity contribution in [2.75, 3.05) is 0 Å². The zero-order chi connectivity index (χ0) is 23.0. The number of hydrogen-bond acceptors (Lipinski definition) is 6. The van der Waals surface area contributed by atoms with Gasteiger partial charge < -0.3 is 4.74 Å². The number of carbonyl (C=O) groups is 2. The minimum Gasteiger partial charge on any atom is -0.427 e. The number of nitrogens with one attached hydrogen (secondary N) is 2. The molecule has 2 rings (SSSR count). The molecule has 0 unspecified atom stereocenters. The van der Waals surface area contributed by atoms with Crippen LogP contribution in [0.1, 0.15) is 38.3 Å². The summed E-state index contributed by atoms with van der Waals surface area (Å²) in [7, 11) is -3.86. The highest BCUT2D eigenvalue weighted by atomic mass is 32.2. The van der Waals surface area contributed by atoms with Crippen molar-refractivity contribution in [1.82, 2.24) is 10.1 Å². The summed E-state index contributed by atoms with van der Waals surface area (Å²) in [5.41, 5.74) is 3.98. The van der Waals surface area contributed by atoms with Gasteiger partial charge in [0.1, 0.15) is 11.8 Å². The Balaban J connectivity index is 2.06. The van der Waals surface area contributed by atoms with Gasteiger partial charge in [-0.05, 0) is 61.2 Å². The largest absolute Gasteiger partial charge is 0.427 e. The fraction of sp³-hybridized carbons (Fsp3) is 0.318. The van der Waals surface area contributed by atoms with Gasteiger partial charge in [0.15, 0.2) is 0 Å². The Morgan fingerprint density at radius 2 is 1.68 bits per heavy atom. The molecule has 2 aromatic carbocycles. The molecular formula is C22H27N3O5S. The Kier molecular flexibility index (Phi) is 8.47. The van der Waals surface area contributed by atoms with Crippen molar-refractivity contribution in [3.05, 3.63) is 59.7 Å². The number of sulfonamides is 1. The molecule has 166 valence electrons. The van der Waals surface area contributed by atoms with Crippen LogP contribution in [0.4, 0.5) is 0 Å². The van der Waals surface area contributed by atoms with Crippen molar-refractivity contribution in [2.45, 2.75) is 45.1 Å². The number of nitrogens with zero attached hydrogens (tertiary/aromatic N) is 1. The molecule has 1 amide bonds. The van der Waals surface area contributed by atoms with E-state index in [-0.39, 0.29) is 10.8 Å². The standard InChI is InChI=1S/C22H27N3O5S/c1-15(2)13-21(25-31(28,29)20-11-5-16(3)6-12-20)22(27)24-23-14-18-7-9-19(10-8-18)30-17(4)26/h5-12,14-15,21,25H,13H2,1-4H3,(H,24,27)/b23-14-/t21-/m0/s1. The number of hydrogen-bond donors (Lipinski definition) is 2. The molecule has 2 aromatic rings. The lowest BCUT2D eigenvalue weighted by Gasteiger charge is -2.19. The maximum absolute atomic E-state index is 12.7. The Hall–Kier alpha value is -3.04. The summed E-state index contributed by atoms with van der Waals surface area (Å²) in [6.07, 6.45) is 1.72. The minimum absolute atomic E-state index is 0.0780. The Morgan fingerprint density at radius 3 is 2.23 bits per heavy atom. The zero-order valence-corrected chi connectivity index (χ0v) is 18.8. The first kappa shape index (κ1) is 24.2. The summed E-state index contributed by atoms with van der Waals surface area (Å²) < 4.78 is 32.8. The Bertz CT molecular complexity index is 1030. The fourth-order valence-electron chi connectivity index (χ4n) is 2.69. The van der Waals surface area contributed by atoms with E-state index in [2.05, 4.69) is 15.2 Å². The van der Waals surface area contributed by atoms with E-state index in [1.54, 1.807) is 36.4 Å². The normalized spacial score (nSPS) is 12.7. The van der Waals surface area contributed by atoms with Crippen molar-refractivity contribution in [2.24, 2.45) is 11.0 Å². The zero-order valence-electron chi connectivity index (χ0n) is 18.0. The topological polar surface area (TPSA) is 114 Å². The monoisotopic (exact) mass is 445 g/mol. The maximum atomic E-state index is 12.7. The molecule has 9 heteroatoms. The second-order valence-electron chi connectivity index (χ2n) is 7.51. The fourth-order valence-corrected chi connectivity index (χ4v) is 3.90. The first-order valence-corrected chi connectivity index (χ1v) is 11.3. The van der Waals surface area contributed by atoms with Crippen LogP contribution in [0.2, 0.25) is 0 Å². The number of aryl methyl sites for hydroxylation is 1. The number of rotatable bonds is 9. The molecule has 0 radical (unpaired) electrons. The van der Waals surface area contributed by atoms with Gasteiger partial charge in [0.05, 0.1) is 11.1 Å². The van der Waals surface area contributed by atoms with Crippen LogP contribution < -0.4 is 14.9 Å². The maximum Gasteiger partial charge on any atom is 0.308 e. The van der Waals surface area contributed by atoms with Crippen LogP contribution in [0.3, 0.4) is 0 Å². The third-order valence-corrected chi connectivity index (χ3v) is 5.67. The van der Waals surface area contributed by atoms with Crippen LogP contribution in [0.5, 0.6) is 5.75 Å². The lowest BCUT2D eigenvalue weighted by Crippen LogP contribution is -2.46. The number of ether oxygens (including phenoxy) is 1. The molecule has 0 saturated carbocycles. The molecule has 0 spiro atoms. The highest BCUT2D eigenvalue weighted by molar-refractivity contribution is 7.89. The van der Waals surface area contributed by atoms with E-state index in [1.165, 1.54) is 25.3 Å². The molecular weight excluding hydrogens is 418 g/mol. The molecule has 0 aromatic heterocycles. The second kappa shape index (κ2) is 10.8. The molecule has 0 aliphatic carbocycles. The molecule has 2 N–H and O–H groups in total. The summed E-state index contributed by atoms with van der Waals surface area (Å²) in [5.74, 6) is -0.499. The molecule has 0 fully saturated rings. The first-order valence-electron chi connectivity index (χ1n) is 9.77. The lowest BCUT2D eigenvalue weighted by atomic mass is 10.0. The number of esters is 1. The van der Waals surface area contributed by atoms with E-state index >= 15 is 0 Å². The molecule has 0 heterocycles. The quantitative estimate of drug-likeness (QED) is 0.267. The summed E-state index contributed by atoms with van der Waals surface area (Å²) in [6.45, 7) is 6.97. The number of carbonyl (C=O) groups excluding carboxylic acids is 2. The summed E-state index contributed by atoms with van der Waals surface area (Å²) >= 11 is 0. The van der Waals surface area contributed by atoms with Gasteiger partial charge >= 0.3 is 5.97 Å². The van der Waals surface area contributed by atoms with Gasteiger partial charge in [-0.15, -0.1) is 0 Å². The van der Waals surface area contributed by atoms with E-state index in [0.717, 1.165) is 5.56 Å². The van der Waals surface area contributed by atoms with Crippen molar-refractivity contribution in [3.63, 3.8) is 0 Å². The minimum atomic E-state index is -3.86. The average Bonchev–Trinajstić information content (AvgIpc) is 2.68. The van der Waals surface area contributed by atoms with Crippen molar-refractivity contribution < 1.29 is 22.7 Å². The third-order valence-electron chi connectivity index (χ3n) is 4.18. The molecule has 0 saturated heterocycles. The predicted molar refractivity (Wildman–Crippen MR) is 118 cm³/mol. The van der Waals surface area contributed by atoms with Crippen LogP contribution in [0, 0.1) is 12.8 Å². The predicted octanol–water partition coefficient (Wildman–Crippen LogP) is 2.76. The number of hydrazone groups is 1. The van der Waals surface area contributed by atoms with Crippen LogP contribution >= 0.6 is 0 Å². The number of benzene rings is 2. The van der Waals surface area contributed by atoms with Crippen molar-refractivity contribution in [1.29, 1.82) is 0 Å². The van der Waals surface area contributed by atoms with Gasteiger partial charge in [0.2, 0.25) is 10.0 Å². The first-order chi connectivity index (χ1) is 14.6.